The number of hydrogen-bond acceptors (Lipinski definition) is 3. The summed E-state index contributed by atoms with van der Waals surface area (Å²) in [4.78, 5) is 24.2. The van der Waals surface area contributed by atoms with Crippen LogP contribution in [0.1, 0.15) is 48.8 Å². The smallest absolute Gasteiger partial charge is 0.307 e. The zero-order valence-electron chi connectivity index (χ0n) is 13.3. The maximum atomic E-state index is 12.6. The Morgan fingerprint density at radius 3 is 2.73 bits per heavy atom. The Hall–Kier alpha value is -1.84. The molecule has 4 nitrogen and oxygen atoms in total. The van der Waals surface area contributed by atoms with Gasteiger partial charge in [-0.2, -0.15) is 0 Å². The van der Waals surface area contributed by atoms with Gasteiger partial charge in [-0.25, -0.2) is 0 Å². The fourth-order valence-electron chi connectivity index (χ4n) is 3.80. The van der Waals surface area contributed by atoms with E-state index in [0.717, 1.165) is 31.2 Å². The van der Waals surface area contributed by atoms with Gasteiger partial charge in [-0.15, -0.1) is 0 Å². The summed E-state index contributed by atoms with van der Waals surface area (Å²) in [5.41, 5.74) is 2.98. The first-order valence-electron chi connectivity index (χ1n) is 8.06. The van der Waals surface area contributed by atoms with E-state index in [0.29, 0.717) is 6.54 Å². The van der Waals surface area contributed by atoms with E-state index >= 15 is 0 Å². The molecule has 1 amide bonds. The molecule has 3 rings (SSSR count). The summed E-state index contributed by atoms with van der Waals surface area (Å²) in [7, 11) is 0. The molecule has 1 saturated carbocycles. The maximum absolute atomic E-state index is 12.6. The second kappa shape index (κ2) is 5.75. The van der Waals surface area contributed by atoms with Crippen molar-refractivity contribution in [2.75, 3.05) is 0 Å². The van der Waals surface area contributed by atoms with Gasteiger partial charge in [0.2, 0.25) is 5.91 Å². The molecule has 1 saturated heterocycles. The number of nitrogens with one attached hydrogen (secondary N) is 1. The molecular weight excluding hydrogens is 278 g/mol. The lowest BCUT2D eigenvalue weighted by molar-refractivity contribution is -0.149. The van der Waals surface area contributed by atoms with Crippen molar-refractivity contribution in [1.82, 2.24) is 5.32 Å². The lowest BCUT2D eigenvalue weighted by Crippen LogP contribution is -2.42. The van der Waals surface area contributed by atoms with E-state index in [-0.39, 0.29) is 24.2 Å². The molecule has 0 aromatic heterocycles. The fourth-order valence-corrected chi connectivity index (χ4v) is 3.80. The van der Waals surface area contributed by atoms with Gasteiger partial charge in [-0.1, -0.05) is 23.8 Å². The third kappa shape index (κ3) is 2.74. The molecule has 1 aliphatic carbocycles. The Morgan fingerprint density at radius 2 is 2.05 bits per heavy atom. The van der Waals surface area contributed by atoms with Gasteiger partial charge in [-0.3, -0.25) is 9.59 Å². The number of carbonyl (C=O) groups excluding carboxylic acids is 2. The molecule has 118 valence electrons. The van der Waals surface area contributed by atoms with Crippen molar-refractivity contribution < 1.29 is 14.3 Å². The van der Waals surface area contributed by atoms with Crippen LogP contribution in [0.25, 0.3) is 0 Å². The SMILES string of the molecule is Cc1ccc(CNC(=O)[C@@H]2CC(=O)OC23CCCC3)c(C)c1. The fraction of sp³-hybridized carbons (Fsp3) is 0.556. The van der Waals surface area contributed by atoms with Crippen molar-refractivity contribution in [2.24, 2.45) is 5.92 Å². The summed E-state index contributed by atoms with van der Waals surface area (Å²) in [6, 6.07) is 6.21. The zero-order valence-corrected chi connectivity index (χ0v) is 13.3. The Kier molecular flexibility index (Phi) is 3.94. The third-order valence-corrected chi connectivity index (χ3v) is 5.04. The van der Waals surface area contributed by atoms with Crippen molar-refractivity contribution in [2.45, 2.75) is 58.1 Å². The van der Waals surface area contributed by atoms with Crippen LogP contribution in [0.2, 0.25) is 0 Å². The molecule has 1 atom stereocenters. The van der Waals surface area contributed by atoms with Crippen molar-refractivity contribution in [3.63, 3.8) is 0 Å². The summed E-state index contributed by atoms with van der Waals surface area (Å²) in [6.45, 7) is 4.61. The van der Waals surface area contributed by atoms with Gasteiger partial charge in [0.15, 0.2) is 0 Å². The average molecular weight is 301 g/mol. The van der Waals surface area contributed by atoms with E-state index in [2.05, 4.69) is 31.3 Å². The zero-order chi connectivity index (χ0) is 15.7. The lowest BCUT2D eigenvalue weighted by atomic mass is 9.85. The molecule has 1 aromatic carbocycles. The number of carbonyl (C=O) groups is 2. The Bertz CT molecular complexity index is 602. The van der Waals surface area contributed by atoms with Crippen molar-refractivity contribution in [1.29, 1.82) is 0 Å². The van der Waals surface area contributed by atoms with Crippen LogP contribution in [0.15, 0.2) is 18.2 Å². The van der Waals surface area contributed by atoms with Gasteiger partial charge in [0, 0.05) is 6.54 Å². The molecule has 1 aromatic rings. The Labute approximate surface area is 131 Å². The van der Waals surface area contributed by atoms with Gasteiger partial charge in [0.1, 0.15) is 5.60 Å². The topological polar surface area (TPSA) is 55.4 Å². The summed E-state index contributed by atoms with van der Waals surface area (Å²) in [5, 5.41) is 3.00. The number of hydrogen-bond donors (Lipinski definition) is 1. The van der Waals surface area contributed by atoms with Crippen LogP contribution in [-0.2, 0) is 20.9 Å². The largest absolute Gasteiger partial charge is 0.458 e. The number of aryl methyl sites for hydroxylation is 2. The van der Waals surface area contributed by atoms with Crippen molar-refractivity contribution in [3.8, 4) is 0 Å². The molecule has 1 spiro atoms. The molecule has 1 heterocycles. The van der Waals surface area contributed by atoms with E-state index < -0.39 is 5.60 Å². The van der Waals surface area contributed by atoms with Crippen LogP contribution in [0.3, 0.4) is 0 Å². The van der Waals surface area contributed by atoms with Crippen LogP contribution in [0.4, 0.5) is 0 Å². The second-order valence-corrected chi connectivity index (χ2v) is 6.65. The molecule has 0 radical (unpaired) electrons. The summed E-state index contributed by atoms with van der Waals surface area (Å²) in [6.07, 6.45) is 3.93. The van der Waals surface area contributed by atoms with Crippen LogP contribution in [-0.4, -0.2) is 17.5 Å². The molecule has 4 heteroatoms. The van der Waals surface area contributed by atoms with E-state index in [1.807, 2.05) is 6.07 Å². The van der Waals surface area contributed by atoms with E-state index in [1.165, 1.54) is 11.1 Å². The molecule has 1 N–H and O–H groups in total. The number of benzene rings is 1. The predicted molar refractivity (Wildman–Crippen MR) is 83.2 cm³/mol. The minimum absolute atomic E-state index is 0.0484. The van der Waals surface area contributed by atoms with Crippen LogP contribution in [0.5, 0.6) is 0 Å². The minimum atomic E-state index is -0.524. The number of rotatable bonds is 3. The molecule has 0 bridgehead atoms. The van der Waals surface area contributed by atoms with Gasteiger partial charge < -0.3 is 10.1 Å². The van der Waals surface area contributed by atoms with Gasteiger partial charge in [-0.05, 0) is 50.7 Å². The minimum Gasteiger partial charge on any atom is -0.458 e. The average Bonchev–Trinajstić information content (AvgIpc) is 3.05. The summed E-state index contributed by atoms with van der Waals surface area (Å²) < 4.78 is 5.54. The highest BCUT2D eigenvalue weighted by molar-refractivity contribution is 5.87. The summed E-state index contributed by atoms with van der Waals surface area (Å²) >= 11 is 0. The van der Waals surface area contributed by atoms with E-state index in [1.54, 1.807) is 0 Å². The standard InChI is InChI=1S/C18H23NO3/c1-12-5-6-14(13(2)9-12)11-19-17(21)15-10-16(20)22-18(15)7-3-4-8-18/h5-6,9,15H,3-4,7-8,10-11H2,1-2H3,(H,19,21)/t15-/m0/s1. The first-order valence-corrected chi connectivity index (χ1v) is 8.06. The number of esters is 1. The Morgan fingerprint density at radius 1 is 1.32 bits per heavy atom. The van der Waals surface area contributed by atoms with Gasteiger partial charge >= 0.3 is 5.97 Å². The monoisotopic (exact) mass is 301 g/mol. The first-order chi connectivity index (χ1) is 10.5. The lowest BCUT2D eigenvalue weighted by Gasteiger charge is -2.28. The molecule has 22 heavy (non-hydrogen) atoms. The van der Waals surface area contributed by atoms with E-state index in [9.17, 15) is 9.59 Å². The van der Waals surface area contributed by atoms with Crippen molar-refractivity contribution in [3.05, 3.63) is 34.9 Å². The highest BCUT2D eigenvalue weighted by atomic mass is 16.6. The first kappa shape index (κ1) is 15.1. The highest BCUT2D eigenvalue weighted by Gasteiger charge is 2.53. The van der Waals surface area contributed by atoms with Crippen LogP contribution < -0.4 is 5.32 Å². The van der Waals surface area contributed by atoms with E-state index in [4.69, 9.17) is 4.74 Å². The van der Waals surface area contributed by atoms with Crippen molar-refractivity contribution >= 4 is 11.9 Å². The molecule has 1 aliphatic heterocycles. The molecule has 0 unspecified atom stereocenters. The highest BCUT2D eigenvalue weighted by Crippen LogP contribution is 2.45. The van der Waals surface area contributed by atoms with Crippen LogP contribution in [0, 0.1) is 19.8 Å². The predicted octanol–water partition coefficient (Wildman–Crippen LogP) is 2.80. The molecular formula is C18H23NO3. The number of amides is 1. The maximum Gasteiger partial charge on any atom is 0.307 e. The van der Waals surface area contributed by atoms with Gasteiger partial charge in [0.05, 0.1) is 12.3 Å². The third-order valence-electron chi connectivity index (χ3n) is 5.04. The normalized spacial score (nSPS) is 22.8. The molecule has 2 aliphatic rings. The summed E-state index contributed by atoms with van der Waals surface area (Å²) in [5.74, 6) is -0.602. The second-order valence-electron chi connectivity index (χ2n) is 6.65. The van der Waals surface area contributed by atoms with Crippen LogP contribution >= 0.6 is 0 Å². The quantitative estimate of drug-likeness (QED) is 0.873. The molecule has 2 fully saturated rings. The van der Waals surface area contributed by atoms with Gasteiger partial charge in [0.25, 0.3) is 0 Å². The number of ether oxygens (including phenoxy) is 1. The Balaban J connectivity index is 1.67.